The van der Waals surface area contributed by atoms with Gasteiger partial charge in [0, 0.05) is 19.2 Å². The van der Waals surface area contributed by atoms with Crippen molar-refractivity contribution in [1.82, 2.24) is 0 Å². The molecule has 0 spiro atoms. The molecule has 0 aliphatic heterocycles. The van der Waals surface area contributed by atoms with Gasteiger partial charge in [0.15, 0.2) is 0 Å². The van der Waals surface area contributed by atoms with E-state index in [1.807, 2.05) is 0 Å². The molecule has 0 heterocycles. The molecule has 0 radical (unpaired) electrons. The second kappa shape index (κ2) is 5.85. The highest BCUT2D eigenvalue weighted by molar-refractivity contribution is 5.91. The summed E-state index contributed by atoms with van der Waals surface area (Å²) in [5.41, 5.74) is 0.957. The Morgan fingerprint density at radius 3 is 2.72 bits per heavy atom. The van der Waals surface area contributed by atoms with Crippen LogP contribution in [-0.4, -0.2) is 13.0 Å². The molecule has 1 amide bonds. The summed E-state index contributed by atoms with van der Waals surface area (Å²) in [6.45, 7) is 0. The Balaban J connectivity index is 1.92. The lowest BCUT2D eigenvalue weighted by Gasteiger charge is -2.10. The molecule has 3 nitrogen and oxygen atoms in total. The highest BCUT2D eigenvalue weighted by atomic mass is 19.1. The monoisotopic (exact) mass is 250 g/mol. The number of nitrogens with one attached hydrogen (secondary N) is 2. The van der Waals surface area contributed by atoms with Gasteiger partial charge >= 0.3 is 0 Å². The largest absolute Gasteiger partial charge is 0.386 e. The fourth-order valence-corrected chi connectivity index (χ4v) is 2.48. The van der Waals surface area contributed by atoms with Crippen molar-refractivity contribution in [2.24, 2.45) is 5.92 Å². The lowest BCUT2D eigenvalue weighted by molar-refractivity contribution is -0.117. The molecule has 2 rings (SSSR count). The minimum Gasteiger partial charge on any atom is -0.386 e. The Morgan fingerprint density at radius 2 is 2.11 bits per heavy atom. The fraction of sp³-hybridized carbons (Fsp3) is 0.500. The summed E-state index contributed by atoms with van der Waals surface area (Å²) in [4.78, 5) is 11.8. The standard InChI is InChI=1S/C14H19FN2O/c1-16-13-7-6-11(9-12(13)15)17-14(18)8-10-4-2-3-5-10/h6-7,9-10,16H,2-5,8H2,1H3,(H,17,18). The van der Waals surface area contributed by atoms with Gasteiger partial charge in [-0.2, -0.15) is 0 Å². The molecular weight excluding hydrogens is 231 g/mol. The predicted octanol–water partition coefficient (Wildman–Crippen LogP) is 3.39. The highest BCUT2D eigenvalue weighted by Gasteiger charge is 2.18. The van der Waals surface area contributed by atoms with Crippen molar-refractivity contribution < 1.29 is 9.18 Å². The molecule has 2 N–H and O–H groups in total. The van der Waals surface area contributed by atoms with E-state index in [1.54, 1.807) is 19.2 Å². The van der Waals surface area contributed by atoms with E-state index in [1.165, 1.54) is 18.9 Å². The van der Waals surface area contributed by atoms with E-state index >= 15 is 0 Å². The number of anilines is 2. The van der Waals surface area contributed by atoms with Crippen LogP contribution >= 0.6 is 0 Å². The van der Waals surface area contributed by atoms with E-state index < -0.39 is 0 Å². The first-order valence-electron chi connectivity index (χ1n) is 6.46. The Bertz CT molecular complexity index is 428. The first-order chi connectivity index (χ1) is 8.69. The van der Waals surface area contributed by atoms with Crippen molar-refractivity contribution in [3.8, 4) is 0 Å². The van der Waals surface area contributed by atoms with Gasteiger partial charge in [0.25, 0.3) is 0 Å². The number of hydrogen-bond donors (Lipinski definition) is 2. The number of benzene rings is 1. The van der Waals surface area contributed by atoms with Crippen LogP contribution in [0.1, 0.15) is 32.1 Å². The zero-order valence-electron chi connectivity index (χ0n) is 10.6. The first kappa shape index (κ1) is 12.9. The van der Waals surface area contributed by atoms with Gasteiger partial charge < -0.3 is 10.6 Å². The van der Waals surface area contributed by atoms with Gasteiger partial charge in [-0.15, -0.1) is 0 Å². The summed E-state index contributed by atoms with van der Waals surface area (Å²) >= 11 is 0. The van der Waals surface area contributed by atoms with Crippen LogP contribution in [0.2, 0.25) is 0 Å². The van der Waals surface area contributed by atoms with Crippen LogP contribution in [0, 0.1) is 11.7 Å². The SMILES string of the molecule is CNc1ccc(NC(=O)CC2CCCC2)cc1F. The molecule has 1 saturated carbocycles. The number of amides is 1. The van der Waals surface area contributed by atoms with Crippen LogP contribution in [0.5, 0.6) is 0 Å². The number of carbonyl (C=O) groups excluding carboxylic acids is 1. The quantitative estimate of drug-likeness (QED) is 0.860. The first-order valence-corrected chi connectivity index (χ1v) is 6.46. The van der Waals surface area contributed by atoms with Gasteiger partial charge in [0.1, 0.15) is 5.82 Å². The summed E-state index contributed by atoms with van der Waals surface area (Å²) in [7, 11) is 1.66. The molecule has 0 saturated heterocycles. The van der Waals surface area contributed by atoms with E-state index in [0.717, 1.165) is 12.8 Å². The Hall–Kier alpha value is -1.58. The molecule has 0 bridgehead atoms. The van der Waals surface area contributed by atoms with Gasteiger partial charge in [-0.3, -0.25) is 4.79 Å². The molecular formula is C14H19FN2O. The number of halogens is 1. The topological polar surface area (TPSA) is 41.1 Å². The summed E-state index contributed by atoms with van der Waals surface area (Å²) in [6, 6.07) is 4.68. The van der Waals surface area contributed by atoms with Crippen molar-refractivity contribution in [1.29, 1.82) is 0 Å². The summed E-state index contributed by atoms with van der Waals surface area (Å²) in [6.07, 6.45) is 5.28. The van der Waals surface area contributed by atoms with E-state index in [9.17, 15) is 9.18 Å². The zero-order chi connectivity index (χ0) is 13.0. The lowest BCUT2D eigenvalue weighted by atomic mass is 10.0. The van der Waals surface area contributed by atoms with Crippen molar-refractivity contribution in [2.75, 3.05) is 17.7 Å². The molecule has 0 aromatic heterocycles. The zero-order valence-corrected chi connectivity index (χ0v) is 10.6. The number of rotatable bonds is 4. The van der Waals surface area contributed by atoms with Gasteiger partial charge in [0.2, 0.25) is 5.91 Å². The summed E-state index contributed by atoms with van der Waals surface area (Å²) in [5, 5.41) is 5.50. The third kappa shape index (κ3) is 3.22. The Labute approximate surface area is 107 Å². The van der Waals surface area contributed by atoms with E-state index in [4.69, 9.17) is 0 Å². The molecule has 1 aromatic rings. The average Bonchev–Trinajstić information content (AvgIpc) is 2.82. The molecule has 1 aromatic carbocycles. The van der Waals surface area contributed by atoms with Gasteiger partial charge in [0.05, 0.1) is 5.69 Å². The minimum absolute atomic E-state index is 0.0153. The maximum Gasteiger partial charge on any atom is 0.224 e. The van der Waals surface area contributed by atoms with Gasteiger partial charge in [-0.25, -0.2) is 4.39 Å². The Kier molecular flexibility index (Phi) is 4.18. The lowest BCUT2D eigenvalue weighted by Crippen LogP contribution is -2.15. The molecule has 18 heavy (non-hydrogen) atoms. The summed E-state index contributed by atoms with van der Waals surface area (Å²) in [5.74, 6) is 0.140. The second-order valence-electron chi connectivity index (χ2n) is 4.85. The number of hydrogen-bond acceptors (Lipinski definition) is 2. The molecule has 98 valence electrons. The highest BCUT2D eigenvalue weighted by Crippen LogP contribution is 2.28. The van der Waals surface area contributed by atoms with Gasteiger partial charge in [-0.1, -0.05) is 12.8 Å². The maximum atomic E-state index is 13.5. The van der Waals surface area contributed by atoms with E-state index in [0.29, 0.717) is 23.7 Å². The molecule has 1 aliphatic carbocycles. The molecule has 4 heteroatoms. The Morgan fingerprint density at radius 1 is 1.39 bits per heavy atom. The maximum absolute atomic E-state index is 13.5. The number of carbonyl (C=O) groups is 1. The summed E-state index contributed by atoms with van der Waals surface area (Å²) < 4.78 is 13.5. The van der Waals surface area contributed by atoms with E-state index in [-0.39, 0.29) is 11.7 Å². The van der Waals surface area contributed by atoms with Crippen molar-refractivity contribution in [3.63, 3.8) is 0 Å². The minimum atomic E-state index is -0.351. The average molecular weight is 250 g/mol. The van der Waals surface area contributed by atoms with Crippen LogP contribution in [0.15, 0.2) is 18.2 Å². The van der Waals surface area contributed by atoms with Crippen LogP contribution in [0.3, 0.4) is 0 Å². The van der Waals surface area contributed by atoms with Crippen LogP contribution in [0.25, 0.3) is 0 Å². The van der Waals surface area contributed by atoms with E-state index in [2.05, 4.69) is 10.6 Å². The molecule has 0 atom stereocenters. The normalized spacial score (nSPS) is 15.7. The van der Waals surface area contributed by atoms with Gasteiger partial charge in [-0.05, 0) is 37.0 Å². The van der Waals surface area contributed by atoms with Crippen molar-refractivity contribution in [2.45, 2.75) is 32.1 Å². The van der Waals surface area contributed by atoms with Crippen molar-refractivity contribution in [3.05, 3.63) is 24.0 Å². The molecule has 1 fully saturated rings. The fourth-order valence-electron chi connectivity index (χ4n) is 2.48. The molecule has 1 aliphatic rings. The predicted molar refractivity (Wildman–Crippen MR) is 71.2 cm³/mol. The third-order valence-electron chi connectivity index (χ3n) is 3.47. The van der Waals surface area contributed by atoms with Crippen LogP contribution in [0.4, 0.5) is 15.8 Å². The van der Waals surface area contributed by atoms with Crippen molar-refractivity contribution >= 4 is 17.3 Å². The smallest absolute Gasteiger partial charge is 0.224 e. The van der Waals surface area contributed by atoms with Crippen LogP contribution < -0.4 is 10.6 Å². The molecule has 0 unspecified atom stereocenters. The second-order valence-corrected chi connectivity index (χ2v) is 4.85. The third-order valence-corrected chi connectivity index (χ3v) is 3.47. The van der Waals surface area contributed by atoms with Crippen LogP contribution in [-0.2, 0) is 4.79 Å².